The maximum absolute atomic E-state index is 16.0. The molecule has 6 aromatic rings. The van der Waals surface area contributed by atoms with Crippen LogP contribution in [0.5, 0.6) is 0 Å². The van der Waals surface area contributed by atoms with Gasteiger partial charge in [0.1, 0.15) is 17.2 Å². The van der Waals surface area contributed by atoms with Crippen LogP contribution in [0.15, 0.2) is 95.3 Å². The first-order valence-corrected chi connectivity index (χ1v) is 35.6. The Kier molecular flexibility index (Phi) is 25.8. The molecule has 572 valence electrons. The molecule has 4 aromatic heterocycles. The number of halogens is 9. The number of benzene rings is 2. The van der Waals surface area contributed by atoms with E-state index in [1.54, 1.807) is 17.3 Å². The van der Waals surface area contributed by atoms with Crippen LogP contribution in [0.1, 0.15) is 115 Å². The van der Waals surface area contributed by atoms with E-state index in [2.05, 4.69) is 70.8 Å². The Hall–Kier alpha value is -8.92. The summed E-state index contributed by atoms with van der Waals surface area (Å²) in [4.78, 5) is 99.7. The molecule has 24 nitrogen and oxygen atoms in total. The number of hydrogen-bond donors (Lipinski definition) is 6. The third-order valence-electron chi connectivity index (χ3n) is 19.7. The number of piperazine rings is 4. The van der Waals surface area contributed by atoms with E-state index in [0.717, 1.165) is 81.5 Å². The number of aromatic amines is 2. The van der Waals surface area contributed by atoms with E-state index in [-0.39, 0.29) is 52.5 Å². The van der Waals surface area contributed by atoms with E-state index in [4.69, 9.17) is 16.3 Å². The Labute approximate surface area is 614 Å². The van der Waals surface area contributed by atoms with Crippen LogP contribution in [0.2, 0.25) is 5.28 Å². The molecule has 33 heteroatoms. The van der Waals surface area contributed by atoms with E-state index >= 15 is 8.78 Å². The van der Waals surface area contributed by atoms with Gasteiger partial charge >= 0.3 is 18.4 Å². The molecule has 4 saturated heterocycles. The minimum absolute atomic E-state index is 0.0939. The second-order valence-corrected chi connectivity index (χ2v) is 28.9. The Morgan fingerprint density at radius 1 is 0.566 bits per heavy atom. The van der Waals surface area contributed by atoms with Gasteiger partial charge in [0.15, 0.2) is 0 Å². The number of nitrogens with zero attached hydrogens (tertiary/aromatic N) is 12. The van der Waals surface area contributed by atoms with Gasteiger partial charge in [-0.1, -0.05) is 12.2 Å². The Balaban J connectivity index is 0.000000184. The van der Waals surface area contributed by atoms with Gasteiger partial charge in [-0.05, 0) is 129 Å². The lowest BCUT2D eigenvalue weighted by Gasteiger charge is -2.44. The molecule has 12 rings (SSSR count). The normalized spacial score (nSPS) is 20.3. The number of hydrogen-bond acceptors (Lipinski definition) is 19. The maximum Gasteiger partial charge on any atom is 0.417 e. The van der Waals surface area contributed by atoms with Crippen molar-refractivity contribution in [3.63, 3.8) is 0 Å². The summed E-state index contributed by atoms with van der Waals surface area (Å²) < 4.78 is 119. The van der Waals surface area contributed by atoms with Crippen LogP contribution in [-0.4, -0.2) is 221 Å². The molecule has 4 atom stereocenters. The lowest BCUT2D eigenvalue weighted by molar-refractivity contribution is -0.138. The van der Waals surface area contributed by atoms with Gasteiger partial charge in [0.2, 0.25) is 22.4 Å². The summed E-state index contributed by atoms with van der Waals surface area (Å²) in [6, 6.07) is 6.84. The van der Waals surface area contributed by atoms with Crippen LogP contribution in [0.4, 0.5) is 68.6 Å². The third-order valence-corrected chi connectivity index (χ3v) is 19.9. The largest absolute Gasteiger partial charge is 0.444 e. The van der Waals surface area contributed by atoms with Crippen molar-refractivity contribution in [2.24, 2.45) is 0 Å². The average Bonchev–Trinajstić information content (AvgIpc) is 0.782. The number of rotatable bonds is 13. The zero-order chi connectivity index (χ0) is 76.5. The maximum atomic E-state index is 16.0. The fourth-order valence-electron chi connectivity index (χ4n) is 13.5. The summed E-state index contributed by atoms with van der Waals surface area (Å²) in [6.07, 6.45) is 3.33. The number of likely N-dealkylation sites (N-methyl/N-ethyl adjacent to an activating group) is 2. The van der Waals surface area contributed by atoms with Crippen molar-refractivity contribution in [3.05, 3.63) is 168 Å². The summed E-state index contributed by atoms with van der Waals surface area (Å²) in [7, 11) is 4.00. The van der Waals surface area contributed by atoms with Crippen molar-refractivity contribution in [1.29, 1.82) is 0 Å². The smallest absolute Gasteiger partial charge is 0.417 e. The number of anilines is 5. The molecule has 0 radical (unpaired) electrons. The number of carbonyl (C=O) groups is 3. The molecule has 0 bridgehead atoms. The first-order chi connectivity index (χ1) is 50.2. The number of aromatic nitrogens is 6. The molecule has 0 spiro atoms. The van der Waals surface area contributed by atoms with Gasteiger partial charge in [-0.25, -0.2) is 33.5 Å². The summed E-state index contributed by atoms with van der Waals surface area (Å²) in [5, 5.41) is 12.0. The second-order valence-electron chi connectivity index (χ2n) is 28.5. The Bertz CT molecular complexity index is 4250. The summed E-state index contributed by atoms with van der Waals surface area (Å²) in [6.45, 7) is 26.4. The molecule has 3 amide bonds. The lowest BCUT2D eigenvalue weighted by Crippen LogP contribution is -2.55. The molecule has 6 aliphatic rings. The number of nitrogens with one attached hydrogen (secondary N) is 6. The van der Waals surface area contributed by atoms with Crippen LogP contribution in [0.25, 0.3) is 11.1 Å². The predicted octanol–water partition coefficient (Wildman–Crippen LogP) is 9.68. The van der Waals surface area contributed by atoms with Crippen LogP contribution in [-0.2, 0) is 30.2 Å². The SMILES string of the molecule is CC(C)(C)OC(=O)N1CCN(Cc2cnc(Cl)nc2)CC1.C[C@@H]1CN(c2cc(F)c(C3=CCN(c4ncc(CN5CCNCC5)cn4)CC3)cc2NC(=O)c2c[nH]c(=O)cc2C(F)(F)F)C[C@H](C)N1C.C[C@@H]1CN(c2cc(F)c(C3=CCNCC3)cc2NC(=O)c2c[nH]c(=O)cc2C(F)(F)F)C[C@H](C)N1C. The Morgan fingerprint density at radius 2 is 1.01 bits per heavy atom. The van der Waals surface area contributed by atoms with Gasteiger partial charge in [0.05, 0.1) is 45.0 Å². The van der Waals surface area contributed by atoms with E-state index in [9.17, 15) is 50.3 Å². The first-order valence-electron chi connectivity index (χ1n) is 35.2. The number of ether oxygens (including phenoxy) is 1. The van der Waals surface area contributed by atoms with E-state index in [0.29, 0.717) is 119 Å². The van der Waals surface area contributed by atoms with Crippen molar-refractivity contribution >= 4 is 69.4 Å². The van der Waals surface area contributed by atoms with Crippen LogP contribution in [0.3, 0.4) is 0 Å². The van der Waals surface area contributed by atoms with E-state index in [1.165, 1.54) is 24.3 Å². The molecule has 6 N–H and O–H groups in total. The van der Waals surface area contributed by atoms with Crippen molar-refractivity contribution in [2.45, 2.75) is 117 Å². The predicted molar refractivity (Wildman–Crippen MR) is 391 cm³/mol. The molecule has 2 aromatic carbocycles. The van der Waals surface area contributed by atoms with Gasteiger partial charge in [0.25, 0.3) is 11.8 Å². The minimum Gasteiger partial charge on any atom is -0.444 e. The highest BCUT2D eigenvalue weighted by atomic mass is 35.5. The highest BCUT2D eigenvalue weighted by Gasteiger charge is 2.39. The third kappa shape index (κ3) is 20.6. The highest BCUT2D eigenvalue weighted by Crippen LogP contribution is 2.40. The minimum atomic E-state index is -4.94. The Morgan fingerprint density at radius 3 is 1.42 bits per heavy atom. The van der Waals surface area contributed by atoms with Crippen molar-refractivity contribution < 1.29 is 54.2 Å². The summed E-state index contributed by atoms with van der Waals surface area (Å²) >= 11 is 5.67. The van der Waals surface area contributed by atoms with Gasteiger partial charge in [-0.2, -0.15) is 26.3 Å². The van der Waals surface area contributed by atoms with E-state index in [1.807, 2.05) is 102 Å². The van der Waals surface area contributed by atoms with Gasteiger partial charge in [-0.15, -0.1) is 0 Å². The second kappa shape index (κ2) is 34.3. The molecule has 0 unspecified atom stereocenters. The molecular weight excluding hydrogens is 1410 g/mol. The molecular formula is C73H91ClF8N18O6. The molecule has 106 heavy (non-hydrogen) atoms. The fourth-order valence-corrected chi connectivity index (χ4v) is 13.6. The zero-order valence-electron chi connectivity index (χ0n) is 60.8. The van der Waals surface area contributed by atoms with E-state index < -0.39 is 74.8 Å². The number of pyridine rings is 2. The van der Waals surface area contributed by atoms with Gasteiger partial charge in [-0.3, -0.25) is 38.8 Å². The quantitative estimate of drug-likeness (QED) is 0.0465. The lowest BCUT2D eigenvalue weighted by atomic mass is 9.97. The topological polar surface area (TPSA) is 252 Å². The molecule has 0 saturated carbocycles. The standard InChI is InChI=1S/C34H41F4N9O2.C25H29F4N5O2.C14H21ClN4O2/c1-21-18-47(19-22(2)44(21)3)30-14-28(35)25(12-29(30)43-32(49)26-17-40-31(48)13-27(26)34(36,37)38)24-4-8-46(9-5-24)33-41-15-23(16-42-33)20-45-10-6-39-7-11-45;1-14-12-34(13-15(2)33(14)3)22-10-20(26)17(16-4-6-30-7-5-16)8-21(22)32-24(36)18-11-31-23(35)9-19(18)25(27,28)29;1-14(2,3)21-13(20)19-6-4-18(5-7-19)10-11-8-16-12(15)17-9-11/h4,12-17,21-22,39H,5-11,18-20H2,1-3H3,(H,40,48)(H,43,49);4,8-11,14-15,30H,5-7,12-13H2,1-3H3,(H,31,35)(H,32,36);8-9H,4-7,10H2,1-3H3/t21-,22+;14-,15+;. The van der Waals surface area contributed by atoms with Crippen LogP contribution in [0, 0.1) is 11.6 Å². The highest BCUT2D eigenvalue weighted by molar-refractivity contribution is 6.28. The monoisotopic (exact) mass is 1500 g/mol. The summed E-state index contributed by atoms with van der Waals surface area (Å²) in [5.41, 5.74) is -1.36. The number of carbonyl (C=O) groups excluding carboxylic acids is 3. The van der Waals surface area contributed by atoms with Crippen molar-refractivity contribution in [1.82, 2.24) is 65.0 Å². The molecule has 6 aliphatic heterocycles. The van der Waals surface area contributed by atoms with Gasteiger partial charge in [0, 0.05) is 207 Å². The molecule has 4 fully saturated rings. The molecule has 10 heterocycles. The van der Waals surface area contributed by atoms with Gasteiger partial charge < -0.3 is 55.6 Å². The number of alkyl halides is 6. The number of amides is 3. The van der Waals surface area contributed by atoms with Crippen molar-refractivity contribution in [2.75, 3.05) is 144 Å². The van der Waals surface area contributed by atoms with Crippen molar-refractivity contribution in [3.8, 4) is 0 Å². The van der Waals surface area contributed by atoms with Crippen LogP contribution >= 0.6 is 11.6 Å². The molecule has 0 aliphatic carbocycles. The number of H-pyrrole nitrogens is 2. The average molecular weight is 1500 g/mol. The fraction of sp³-hybridized carbons (Fsp3) is 0.493. The summed E-state index contributed by atoms with van der Waals surface area (Å²) in [5.74, 6) is -2.51. The first kappa shape index (κ1) is 79.6. The van der Waals surface area contributed by atoms with Crippen LogP contribution < -0.4 is 47.1 Å². The zero-order valence-corrected chi connectivity index (χ0v) is 61.5.